The third-order valence-electron chi connectivity index (χ3n) is 3.78. The molecule has 0 aliphatic heterocycles. The van der Waals surface area contributed by atoms with Crippen LogP contribution in [0.5, 0.6) is 5.75 Å². The van der Waals surface area contributed by atoms with Gasteiger partial charge in [-0.15, -0.1) is 0 Å². The van der Waals surface area contributed by atoms with Gasteiger partial charge < -0.3 is 9.47 Å². The van der Waals surface area contributed by atoms with E-state index in [1.54, 1.807) is 0 Å². The SMILES string of the molecule is [B]Cc1cc([B])cc([B])c1OC(=O)CCC(=O)OC(CS(=O)(=O)O)(C(F)(F)F)C(F)(F)F. The molecule has 17 heteroatoms. The standard InChI is InChI=1S/C15H11B3F6O7S/c16-5-7-3-8(17)4-9(18)12(7)30-10(25)1-2-11(26)31-13(14(19,20)21,15(22,23)24)6-32(27,28)29/h3-4H,1-2,5-6H2,(H,27,28,29). The Labute approximate surface area is 181 Å². The van der Waals surface area contributed by atoms with Gasteiger partial charge in [0.25, 0.3) is 10.1 Å². The normalized spacial score (nSPS) is 13.0. The average Bonchev–Trinajstić information content (AvgIpc) is 2.58. The maximum atomic E-state index is 13.1. The summed E-state index contributed by atoms with van der Waals surface area (Å²) in [6.45, 7) is 0. The number of rotatable bonds is 8. The maximum absolute atomic E-state index is 13.1. The van der Waals surface area contributed by atoms with Crippen molar-refractivity contribution in [1.29, 1.82) is 0 Å². The van der Waals surface area contributed by atoms with Gasteiger partial charge in [0, 0.05) is 0 Å². The summed E-state index contributed by atoms with van der Waals surface area (Å²) in [5.41, 5.74) is -5.44. The molecule has 0 saturated carbocycles. The van der Waals surface area contributed by atoms with E-state index in [0.717, 1.165) is 0 Å². The molecule has 32 heavy (non-hydrogen) atoms. The third kappa shape index (κ3) is 6.92. The molecule has 0 spiro atoms. The van der Waals surface area contributed by atoms with Gasteiger partial charge in [-0.05, 0) is 5.56 Å². The van der Waals surface area contributed by atoms with Gasteiger partial charge in [0.05, 0.1) is 20.7 Å². The number of benzene rings is 1. The first-order valence-corrected chi connectivity index (χ1v) is 9.83. The highest BCUT2D eigenvalue weighted by Crippen LogP contribution is 2.47. The fourth-order valence-corrected chi connectivity index (χ4v) is 3.26. The van der Waals surface area contributed by atoms with Gasteiger partial charge in [-0.3, -0.25) is 14.1 Å². The minimum Gasteiger partial charge on any atom is -0.438 e. The zero-order valence-electron chi connectivity index (χ0n) is 15.8. The number of hydrogen-bond donors (Lipinski definition) is 1. The lowest BCUT2D eigenvalue weighted by molar-refractivity contribution is -0.361. The van der Waals surface area contributed by atoms with Crippen LogP contribution in [0.15, 0.2) is 12.1 Å². The number of esters is 2. The quantitative estimate of drug-likeness (QED) is 0.182. The topological polar surface area (TPSA) is 107 Å². The zero-order chi connectivity index (χ0) is 25.1. The Bertz CT molecular complexity index is 965. The van der Waals surface area contributed by atoms with Crippen LogP contribution in [0.1, 0.15) is 18.4 Å². The predicted octanol–water partition coefficient (Wildman–Crippen LogP) is -0.0773. The van der Waals surface area contributed by atoms with Gasteiger partial charge in [-0.2, -0.15) is 34.8 Å². The van der Waals surface area contributed by atoms with Crippen LogP contribution in [0.3, 0.4) is 0 Å². The van der Waals surface area contributed by atoms with Crippen LogP contribution < -0.4 is 15.7 Å². The van der Waals surface area contributed by atoms with Crippen LogP contribution in [0.4, 0.5) is 26.3 Å². The molecule has 0 fully saturated rings. The van der Waals surface area contributed by atoms with Crippen LogP contribution in [0.25, 0.3) is 0 Å². The highest BCUT2D eigenvalue weighted by atomic mass is 32.2. The van der Waals surface area contributed by atoms with E-state index in [4.69, 9.17) is 32.8 Å². The summed E-state index contributed by atoms with van der Waals surface area (Å²) < 4.78 is 117. The Morgan fingerprint density at radius 2 is 1.47 bits per heavy atom. The third-order valence-corrected chi connectivity index (χ3v) is 4.55. The number of ether oxygens (including phenoxy) is 2. The predicted molar refractivity (Wildman–Crippen MR) is 98.9 cm³/mol. The number of hydrogen-bond acceptors (Lipinski definition) is 6. The summed E-state index contributed by atoms with van der Waals surface area (Å²) >= 11 is 0. The summed E-state index contributed by atoms with van der Waals surface area (Å²) in [6, 6.07) is 2.45. The lowest BCUT2D eigenvalue weighted by Gasteiger charge is -2.35. The van der Waals surface area contributed by atoms with E-state index in [9.17, 15) is 44.3 Å². The fraction of sp³-hybridized carbons (Fsp3) is 0.467. The Morgan fingerprint density at radius 1 is 0.969 bits per heavy atom. The molecule has 0 aliphatic rings. The molecule has 7 nitrogen and oxygen atoms in total. The molecule has 0 atom stereocenters. The number of alkyl halides is 6. The van der Waals surface area contributed by atoms with Crippen molar-refractivity contribution >= 4 is 56.5 Å². The molecule has 1 aromatic rings. The van der Waals surface area contributed by atoms with Crippen molar-refractivity contribution in [2.24, 2.45) is 0 Å². The Balaban J connectivity index is 3.03. The maximum Gasteiger partial charge on any atom is 0.438 e. The Morgan fingerprint density at radius 3 is 1.91 bits per heavy atom. The lowest BCUT2D eigenvalue weighted by atomic mass is 9.81. The molecule has 170 valence electrons. The highest BCUT2D eigenvalue weighted by Gasteiger charge is 2.75. The van der Waals surface area contributed by atoms with E-state index < -0.39 is 58.6 Å². The summed E-state index contributed by atoms with van der Waals surface area (Å²) in [5.74, 6) is -6.88. The molecule has 1 rings (SSSR count). The van der Waals surface area contributed by atoms with Crippen molar-refractivity contribution in [2.75, 3.05) is 5.75 Å². The first-order chi connectivity index (χ1) is 14.3. The summed E-state index contributed by atoms with van der Waals surface area (Å²) in [4.78, 5) is 23.5. The van der Waals surface area contributed by atoms with Crippen molar-refractivity contribution in [1.82, 2.24) is 0 Å². The van der Waals surface area contributed by atoms with Crippen LogP contribution >= 0.6 is 0 Å². The molecular weight excluding hydrogens is 471 g/mol. The average molecular weight is 482 g/mol. The molecule has 0 amide bonds. The van der Waals surface area contributed by atoms with Crippen molar-refractivity contribution < 1.29 is 58.4 Å². The minimum atomic E-state index is -6.48. The van der Waals surface area contributed by atoms with Gasteiger partial charge in [-0.25, -0.2) is 0 Å². The van der Waals surface area contributed by atoms with Crippen molar-refractivity contribution in [3.8, 4) is 5.75 Å². The molecule has 0 bridgehead atoms. The van der Waals surface area contributed by atoms with Gasteiger partial charge >= 0.3 is 29.9 Å². The van der Waals surface area contributed by atoms with E-state index in [0.29, 0.717) is 0 Å². The van der Waals surface area contributed by atoms with E-state index in [2.05, 4.69) is 4.74 Å². The van der Waals surface area contributed by atoms with Gasteiger partial charge in [0.1, 0.15) is 27.2 Å². The van der Waals surface area contributed by atoms with E-state index in [1.165, 1.54) is 12.1 Å². The van der Waals surface area contributed by atoms with E-state index in [1.807, 2.05) is 0 Å². The van der Waals surface area contributed by atoms with Crippen LogP contribution in [0, 0.1) is 0 Å². The first kappa shape index (κ1) is 27.9. The van der Waals surface area contributed by atoms with E-state index in [-0.39, 0.29) is 28.6 Å². The van der Waals surface area contributed by atoms with E-state index >= 15 is 0 Å². The zero-order valence-corrected chi connectivity index (χ0v) is 16.6. The van der Waals surface area contributed by atoms with Crippen LogP contribution in [-0.4, -0.2) is 72.2 Å². The van der Waals surface area contributed by atoms with Gasteiger partial charge in [0.15, 0.2) is 0 Å². The minimum absolute atomic E-state index is 0.139. The monoisotopic (exact) mass is 482 g/mol. The molecule has 1 aromatic carbocycles. The highest BCUT2D eigenvalue weighted by molar-refractivity contribution is 7.85. The van der Waals surface area contributed by atoms with Crippen molar-refractivity contribution in [3.63, 3.8) is 0 Å². The number of carbonyl (C=O) groups is 2. The molecule has 0 saturated heterocycles. The second kappa shape index (κ2) is 9.77. The number of halogens is 6. The molecular formula is C15H11B3F6O7S. The molecule has 0 unspecified atom stereocenters. The van der Waals surface area contributed by atoms with Gasteiger partial charge in [-0.1, -0.05) is 29.4 Å². The van der Waals surface area contributed by atoms with Crippen molar-refractivity contribution in [3.05, 3.63) is 17.7 Å². The summed E-state index contributed by atoms with van der Waals surface area (Å²) in [5, 5.41) is 0. The largest absolute Gasteiger partial charge is 0.438 e. The Kier molecular flexibility index (Phi) is 8.51. The van der Waals surface area contributed by atoms with Crippen molar-refractivity contribution in [2.45, 2.75) is 37.1 Å². The fourth-order valence-electron chi connectivity index (χ4n) is 2.36. The Hall–Kier alpha value is -2.16. The summed E-state index contributed by atoms with van der Waals surface area (Å²) in [7, 11) is 10.6. The summed E-state index contributed by atoms with van der Waals surface area (Å²) in [6.07, 6.45) is -15.6. The molecule has 1 N–H and O–H groups in total. The smallest absolute Gasteiger partial charge is 0.438 e. The van der Waals surface area contributed by atoms with Crippen LogP contribution in [0.2, 0.25) is 0 Å². The van der Waals surface area contributed by atoms with Crippen LogP contribution in [-0.2, 0) is 30.8 Å². The second-order valence-electron chi connectivity index (χ2n) is 6.30. The second-order valence-corrected chi connectivity index (χ2v) is 7.75. The molecule has 0 aromatic heterocycles. The molecule has 0 heterocycles. The van der Waals surface area contributed by atoms with Gasteiger partial charge in [0.2, 0.25) is 0 Å². The lowest BCUT2D eigenvalue weighted by Crippen LogP contribution is -2.63. The first-order valence-electron chi connectivity index (χ1n) is 8.22. The molecule has 6 radical (unpaired) electrons. The number of carbonyl (C=O) groups excluding carboxylic acids is 2. The molecule has 0 aliphatic carbocycles.